The Balaban J connectivity index is 0.000000384. The number of nitrogens with zero attached hydrogens (tertiary/aromatic N) is 4. The Morgan fingerprint density at radius 1 is 1.14 bits per heavy atom. The van der Waals surface area contributed by atoms with Crippen molar-refractivity contribution in [2.45, 2.75) is 44.0 Å². The number of likely N-dealkylation sites (tertiary alicyclic amines) is 1. The number of likely N-dealkylation sites (N-methyl/N-ethyl adjacent to an activating group) is 1. The van der Waals surface area contributed by atoms with Crippen LogP contribution in [0.3, 0.4) is 0 Å². The minimum absolute atomic E-state index is 0.0188. The summed E-state index contributed by atoms with van der Waals surface area (Å²) >= 11 is 0. The summed E-state index contributed by atoms with van der Waals surface area (Å²) in [4.78, 5) is 33.8. The molecule has 0 bridgehead atoms. The molecule has 3 heterocycles. The number of amides is 2. The van der Waals surface area contributed by atoms with E-state index >= 15 is 0 Å². The van der Waals surface area contributed by atoms with Crippen LogP contribution in [0.5, 0.6) is 0 Å². The van der Waals surface area contributed by atoms with E-state index in [1.165, 1.54) is 24.2 Å². The highest BCUT2D eigenvalue weighted by Crippen LogP contribution is 2.41. The molecule has 1 aromatic carbocycles. The predicted molar refractivity (Wildman–Crippen MR) is 127 cm³/mol. The number of piperazine rings is 1. The number of hydrogen-bond donors (Lipinski definition) is 2. The van der Waals surface area contributed by atoms with E-state index in [1.54, 1.807) is 0 Å². The summed E-state index contributed by atoms with van der Waals surface area (Å²) in [7, 11) is 2.17. The van der Waals surface area contributed by atoms with E-state index in [-0.39, 0.29) is 17.7 Å². The van der Waals surface area contributed by atoms with Gasteiger partial charge in [-0.2, -0.15) is 13.2 Å². The largest absolute Gasteiger partial charge is 0.490 e. The lowest BCUT2D eigenvalue weighted by molar-refractivity contribution is -0.192. The summed E-state index contributed by atoms with van der Waals surface area (Å²) < 4.78 is 31.7. The first-order chi connectivity index (χ1) is 17.0. The van der Waals surface area contributed by atoms with Gasteiger partial charge in [-0.1, -0.05) is 17.3 Å². The standard InChI is InChI=1S/C22H31N5O2.C2HF3O2/c1-16(17-5-7-19(8-6-17)26-11-9-25(2)10-12-26)23-21(28)27-14-22(15-27)13-20(24-29-22)18-3-4-18;3-2(4,5)1(6)7/h5-8,16,18H,3-4,9-15H2,1-2H3,(H,23,28);(H,6,7). The first-order valence-corrected chi connectivity index (χ1v) is 12.1. The highest BCUT2D eigenvalue weighted by atomic mass is 19.4. The summed E-state index contributed by atoms with van der Waals surface area (Å²) in [6.07, 6.45) is -1.70. The predicted octanol–water partition coefficient (Wildman–Crippen LogP) is 3.08. The van der Waals surface area contributed by atoms with Crippen molar-refractivity contribution in [2.24, 2.45) is 11.1 Å². The van der Waals surface area contributed by atoms with Crippen LogP contribution in [-0.2, 0) is 9.63 Å². The second-order valence-corrected chi connectivity index (χ2v) is 10.0. The van der Waals surface area contributed by atoms with Gasteiger partial charge in [0, 0.05) is 44.2 Å². The maximum atomic E-state index is 12.6. The first-order valence-electron chi connectivity index (χ1n) is 12.1. The van der Waals surface area contributed by atoms with Crippen molar-refractivity contribution in [3.8, 4) is 0 Å². The van der Waals surface area contributed by atoms with Crippen LogP contribution in [0.2, 0.25) is 0 Å². The van der Waals surface area contributed by atoms with E-state index in [4.69, 9.17) is 14.7 Å². The van der Waals surface area contributed by atoms with Crippen LogP contribution < -0.4 is 10.2 Å². The molecule has 1 aliphatic carbocycles. The number of rotatable bonds is 4. The number of halogens is 3. The first kappa shape index (κ1) is 26.1. The van der Waals surface area contributed by atoms with Crippen LogP contribution in [0.4, 0.5) is 23.7 Å². The van der Waals surface area contributed by atoms with Crippen LogP contribution in [0.25, 0.3) is 0 Å². The number of benzene rings is 1. The highest BCUT2D eigenvalue weighted by Gasteiger charge is 2.53. The number of carbonyl (C=O) groups is 2. The molecule has 12 heteroatoms. The molecule has 5 rings (SSSR count). The van der Waals surface area contributed by atoms with Gasteiger partial charge < -0.3 is 30.0 Å². The number of hydrogen-bond acceptors (Lipinski definition) is 6. The van der Waals surface area contributed by atoms with Gasteiger partial charge in [-0.3, -0.25) is 0 Å². The van der Waals surface area contributed by atoms with Crippen LogP contribution in [0, 0.1) is 5.92 Å². The van der Waals surface area contributed by atoms with Crippen molar-refractivity contribution in [2.75, 3.05) is 51.2 Å². The number of oxime groups is 1. The lowest BCUT2D eigenvalue weighted by Gasteiger charge is -2.45. The molecule has 2 amide bonds. The van der Waals surface area contributed by atoms with Gasteiger partial charge in [-0.15, -0.1) is 0 Å². The van der Waals surface area contributed by atoms with E-state index in [2.05, 4.69) is 51.6 Å². The minimum Gasteiger partial charge on any atom is -0.475 e. The number of alkyl halides is 3. The molecular weight excluding hydrogens is 479 g/mol. The lowest BCUT2D eigenvalue weighted by Crippen LogP contribution is -2.65. The van der Waals surface area contributed by atoms with Gasteiger partial charge in [-0.05, 0) is 44.5 Å². The van der Waals surface area contributed by atoms with Crippen molar-refractivity contribution in [1.29, 1.82) is 0 Å². The molecule has 0 radical (unpaired) electrons. The number of urea groups is 1. The van der Waals surface area contributed by atoms with Crippen molar-refractivity contribution >= 4 is 23.4 Å². The summed E-state index contributed by atoms with van der Waals surface area (Å²) in [6.45, 7) is 7.63. The maximum absolute atomic E-state index is 12.6. The number of carbonyl (C=O) groups excluding carboxylic acids is 1. The molecule has 2 N–H and O–H groups in total. The monoisotopic (exact) mass is 511 g/mol. The topological polar surface area (TPSA) is 97.7 Å². The Kier molecular flexibility index (Phi) is 7.35. The molecule has 3 fully saturated rings. The molecule has 1 atom stereocenters. The number of aliphatic carboxylic acids is 1. The quantitative estimate of drug-likeness (QED) is 0.645. The smallest absolute Gasteiger partial charge is 0.475 e. The third-order valence-electron chi connectivity index (χ3n) is 7.00. The molecule has 9 nitrogen and oxygen atoms in total. The average molecular weight is 512 g/mol. The third kappa shape index (κ3) is 6.21. The van der Waals surface area contributed by atoms with Gasteiger partial charge in [0.2, 0.25) is 0 Å². The fourth-order valence-electron chi connectivity index (χ4n) is 4.55. The maximum Gasteiger partial charge on any atom is 0.490 e. The second kappa shape index (κ2) is 10.2. The summed E-state index contributed by atoms with van der Waals surface area (Å²) in [5.41, 5.74) is 3.35. The minimum atomic E-state index is -5.08. The van der Waals surface area contributed by atoms with Gasteiger partial charge in [-0.25, -0.2) is 9.59 Å². The average Bonchev–Trinajstić information content (AvgIpc) is 3.56. The van der Waals surface area contributed by atoms with Crippen molar-refractivity contribution in [1.82, 2.24) is 15.1 Å². The molecule has 3 aliphatic heterocycles. The van der Waals surface area contributed by atoms with E-state index in [0.717, 1.165) is 38.2 Å². The summed E-state index contributed by atoms with van der Waals surface area (Å²) in [5.74, 6) is -2.11. The van der Waals surface area contributed by atoms with E-state index in [0.29, 0.717) is 19.0 Å². The molecular formula is C24H32F3N5O4. The normalized spacial score (nSPS) is 22.1. The Hall–Kier alpha value is -3.02. The fraction of sp³-hybridized carbons (Fsp3) is 0.625. The Labute approximate surface area is 207 Å². The number of anilines is 1. The van der Waals surface area contributed by atoms with Gasteiger partial charge >= 0.3 is 18.2 Å². The van der Waals surface area contributed by atoms with Gasteiger partial charge in [0.1, 0.15) is 0 Å². The highest BCUT2D eigenvalue weighted by molar-refractivity contribution is 5.90. The Morgan fingerprint density at radius 2 is 1.72 bits per heavy atom. The van der Waals surface area contributed by atoms with Gasteiger partial charge in [0.25, 0.3) is 0 Å². The SMILES string of the molecule is CC(NC(=O)N1CC2(CC(C3CC3)=NO2)C1)c1ccc(N2CCN(C)CC2)cc1.O=C(O)C(F)(F)F. The number of carboxylic acids is 1. The molecule has 1 saturated carbocycles. The summed E-state index contributed by atoms with van der Waals surface area (Å²) in [5, 5.41) is 14.5. The Morgan fingerprint density at radius 3 is 2.25 bits per heavy atom. The van der Waals surface area contributed by atoms with Crippen LogP contribution in [0.15, 0.2) is 29.4 Å². The van der Waals surface area contributed by atoms with Crippen molar-refractivity contribution in [3.05, 3.63) is 29.8 Å². The van der Waals surface area contributed by atoms with Crippen molar-refractivity contribution < 1.29 is 32.7 Å². The number of nitrogens with one attached hydrogen (secondary N) is 1. The zero-order chi connectivity index (χ0) is 26.1. The molecule has 1 spiro atoms. The van der Waals surface area contributed by atoms with Gasteiger partial charge in [0.05, 0.1) is 24.8 Å². The molecule has 4 aliphatic rings. The molecule has 198 valence electrons. The molecule has 1 aromatic rings. The Bertz CT molecular complexity index is 982. The third-order valence-corrected chi connectivity index (χ3v) is 7.00. The van der Waals surface area contributed by atoms with E-state index in [1.807, 2.05) is 11.8 Å². The van der Waals surface area contributed by atoms with Gasteiger partial charge in [0.15, 0.2) is 5.60 Å². The fourth-order valence-corrected chi connectivity index (χ4v) is 4.55. The zero-order valence-corrected chi connectivity index (χ0v) is 20.4. The lowest BCUT2D eigenvalue weighted by atomic mass is 9.88. The zero-order valence-electron chi connectivity index (χ0n) is 20.4. The molecule has 1 unspecified atom stereocenters. The van der Waals surface area contributed by atoms with Crippen LogP contribution >= 0.6 is 0 Å². The summed E-state index contributed by atoms with van der Waals surface area (Å²) in [6, 6.07) is 8.56. The number of carboxylic acid groups (broad SMARTS) is 1. The second-order valence-electron chi connectivity index (χ2n) is 10.0. The molecule has 36 heavy (non-hydrogen) atoms. The van der Waals surface area contributed by atoms with Crippen molar-refractivity contribution in [3.63, 3.8) is 0 Å². The van der Waals surface area contributed by atoms with E-state index < -0.39 is 12.1 Å². The van der Waals surface area contributed by atoms with Crippen LogP contribution in [0.1, 0.15) is 37.8 Å². The molecule has 2 saturated heterocycles. The van der Waals surface area contributed by atoms with E-state index in [9.17, 15) is 18.0 Å². The molecule has 0 aromatic heterocycles. The van der Waals surface area contributed by atoms with Crippen LogP contribution in [-0.4, -0.2) is 90.7 Å².